The summed E-state index contributed by atoms with van der Waals surface area (Å²) in [5.41, 5.74) is 0.867. The van der Waals surface area contributed by atoms with E-state index in [4.69, 9.17) is 5.11 Å². The highest BCUT2D eigenvalue weighted by Crippen LogP contribution is 1.95. The maximum absolute atomic E-state index is 10.3. The van der Waals surface area contributed by atoms with Crippen LogP contribution in [0, 0.1) is 0 Å². The molecule has 0 bridgehead atoms. The minimum absolute atomic E-state index is 0.702. The second-order valence-electron chi connectivity index (χ2n) is 3.17. The Morgan fingerprint density at radius 3 is 2.69 bits per heavy atom. The van der Waals surface area contributed by atoms with Crippen molar-refractivity contribution in [1.82, 2.24) is 10.2 Å². The molecule has 0 radical (unpaired) electrons. The molecule has 76 valence electrons. The highest BCUT2D eigenvalue weighted by Gasteiger charge is 1.99. The molecule has 0 aliphatic rings. The summed E-state index contributed by atoms with van der Waals surface area (Å²) in [6.45, 7) is 4.36. The van der Waals surface area contributed by atoms with Crippen LogP contribution in [0.5, 0.6) is 0 Å². The van der Waals surface area contributed by atoms with Crippen LogP contribution in [0.1, 0.15) is 6.92 Å². The first-order valence-electron chi connectivity index (χ1n) is 4.29. The van der Waals surface area contributed by atoms with Gasteiger partial charge in [0.25, 0.3) is 0 Å². The molecule has 0 amide bonds. The predicted octanol–water partition coefficient (Wildman–Crippen LogP) is 0.169. The van der Waals surface area contributed by atoms with Crippen LogP contribution in [0.15, 0.2) is 11.6 Å². The number of rotatable bonds is 6. The Hall–Kier alpha value is -0.870. The quantitative estimate of drug-likeness (QED) is 0.581. The molecule has 0 fully saturated rings. The number of carboxylic acid groups (broad SMARTS) is 1. The van der Waals surface area contributed by atoms with E-state index in [0.717, 1.165) is 18.7 Å². The van der Waals surface area contributed by atoms with Crippen molar-refractivity contribution in [3.8, 4) is 0 Å². The van der Waals surface area contributed by atoms with Crippen molar-refractivity contribution in [2.75, 3.05) is 33.7 Å². The molecule has 0 rings (SSSR count). The molecule has 4 nitrogen and oxygen atoms in total. The number of carboxylic acids is 1. The fourth-order valence-corrected chi connectivity index (χ4v) is 1.06. The largest absolute Gasteiger partial charge is 0.478 e. The molecule has 0 saturated carbocycles. The third-order valence-corrected chi connectivity index (χ3v) is 1.63. The van der Waals surface area contributed by atoms with Crippen molar-refractivity contribution in [2.24, 2.45) is 0 Å². The lowest BCUT2D eigenvalue weighted by atomic mass is 10.2. The topological polar surface area (TPSA) is 52.6 Å². The van der Waals surface area contributed by atoms with Gasteiger partial charge in [0, 0.05) is 25.7 Å². The van der Waals surface area contributed by atoms with Gasteiger partial charge in [-0.25, -0.2) is 4.79 Å². The molecule has 0 aromatic rings. The molecule has 0 saturated heterocycles. The summed E-state index contributed by atoms with van der Waals surface area (Å²) in [6, 6.07) is 0. The molecule has 0 aromatic heterocycles. The highest BCUT2D eigenvalue weighted by molar-refractivity contribution is 5.80. The van der Waals surface area contributed by atoms with Crippen molar-refractivity contribution >= 4 is 5.97 Å². The van der Waals surface area contributed by atoms with Crippen LogP contribution in [0.25, 0.3) is 0 Å². The molecule has 0 unspecified atom stereocenters. The summed E-state index contributed by atoms with van der Waals surface area (Å²) < 4.78 is 0. The molecule has 0 aliphatic carbocycles. The first-order valence-corrected chi connectivity index (χ1v) is 4.29. The third kappa shape index (κ3) is 7.49. The SMILES string of the molecule is CNCCN(C)CC(C)=CC(=O)O. The van der Waals surface area contributed by atoms with Gasteiger partial charge in [-0.1, -0.05) is 5.57 Å². The molecular weight excluding hydrogens is 168 g/mol. The lowest BCUT2D eigenvalue weighted by molar-refractivity contribution is -0.131. The monoisotopic (exact) mass is 186 g/mol. The molecule has 0 atom stereocenters. The van der Waals surface area contributed by atoms with Crippen LogP contribution < -0.4 is 5.32 Å². The smallest absolute Gasteiger partial charge is 0.328 e. The van der Waals surface area contributed by atoms with Gasteiger partial charge in [0.2, 0.25) is 0 Å². The minimum Gasteiger partial charge on any atom is -0.478 e. The summed E-state index contributed by atoms with van der Waals surface area (Å²) >= 11 is 0. The van der Waals surface area contributed by atoms with Crippen molar-refractivity contribution < 1.29 is 9.90 Å². The van der Waals surface area contributed by atoms with E-state index in [1.165, 1.54) is 6.08 Å². The minimum atomic E-state index is -0.875. The van der Waals surface area contributed by atoms with E-state index in [1.807, 2.05) is 21.0 Å². The summed E-state index contributed by atoms with van der Waals surface area (Å²) in [5, 5.41) is 11.5. The molecule has 0 aliphatic heterocycles. The van der Waals surface area contributed by atoms with E-state index in [9.17, 15) is 4.79 Å². The third-order valence-electron chi connectivity index (χ3n) is 1.63. The Kier molecular flexibility index (Phi) is 6.18. The number of hydrogen-bond donors (Lipinski definition) is 2. The summed E-state index contributed by atoms with van der Waals surface area (Å²) in [5.74, 6) is -0.875. The zero-order valence-electron chi connectivity index (χ0n) is 8.50. The summed E-state index contributed by atoms with van der Waals surface area (Å²) in [4.78, 5) is 12.4. The van der Waals surface area contributed by atoms with Crippen LogP contribution in [-0.2, 0) is 4.79 Å². The maximum Gasteiger partial charge on any atom is 0.328 e. The van der Waals surface area contributed by atoms with Crippen LogP contribution >= 0.6 is 0 Å². The molecule has 0 heterocycles. The van der Waals surface area contributed by atoms with E-state index < -0.39 is 5.97 Å². The molecule has 2 N–H and O–H groups in total. The first kappa shape index (κ1) is 12.1. The zero-order chi connectivity index (χ0) is 10.3. The predicted molar refractivity (Wildman–Crippen MR) is 52.8 cm³/mol. The van der Waals surface area contributed by atoms with Crippen LogP contribution in [0.4, 0.5) is 0 Å². The van der Waals surface area contributed by atoms with E-state index in [1.54, 1.807) is 0 Å². The van der Waals surface area contributed by atoms with Crippen molar-refractivity contribution in [1.29, 1.82) is 0 Å². The van der Waals surface area contributed by atoms with E-state index in [2.05, 4.69) is 10.2 Å². The van der Waals surface area contributed by atoms with Crippen LogP contribution in [0.2, 0.25) is 0 Å². The number of nitrogens with zero attached hydrogens (tertiary/aromatic N) is 1. The van der Waals surface area contributed by atoms with Gasteiger partial charge < -0.3 is 15.3 Å². The second-order valence-corrected chi connectivity index (χ2v) is 3.17. The van der Waals surface area contributed by atoms with Gasteiger partial charge in [0.05, 0.1) is 0 Å². The van der Waals surface area contributed by atoms with Gasteiger partial charge in [0.15, 0.2) is 0 Å². The lowest BCUT2D eigenvalue weighted by Gasteiger charge is -2.15. The normalized spacial score (nSPS) is 12.2. The van der Waals surface area contributed by atoms with Gasteiger partial charge in [-0.3, -0.25) is 0 Å². The van der Waals surface area contributed by atoms with Crippen molar-refractivity contribution in [3.05, 3.63) is 11.6 Å². The van der Waals surface area contributed by atoms with Gasteiger partial charge >= 0.3 is 5.97 Å². The number of likely N-dealkylation sites (N-methyl/N-ethyl adjacent to an activating group) is 2. The van der Waals surface area contributed by atoms with Crippen molar-refractivity contribution in [3.63, 3.8) is 0 Å². The number of aliphatic carboxylic acids is 1. The van der Waals surface area contributed by atoms with Gasteiger partial charge in [-0.2, -0.15) is 0 Å². The molecule has 4 heteroatoms. The number of nitrogens with one attached hydrogen (secondary N) is 1. The van der Waals surface area contributed by atoms with Crippen LogP contribution in [0.3, 0.4) is 0 Å². The molecule has 13 heavy (non-hydrogen) atoms. The highest BCUT2D eigenvalue weighted by atomic mass is 16.4. The first-order chi connectivity index (χ1) is 6.06. The van der Waals surface area contributed by atoms with Gasteiger partial charge in [-0.15, -0.1) is 0 Å². The second kappa shape index (κ2) is 6.62. The zero-order valence-corrected chi connectivity index (χ0v) is 8.50. The lowest BCUT2D eigenvalue weighted by Crippen LogP contribution is -2.28. The van der Waals surface area contributed by atoms with Gasteiger partial charge in [-0.05, 0) is 21.0 Å². The Balaban J connectivity index is 3.77. The Morgan fingerprint density at radius 1 is 1.62 bits per heavy atom. The Bertz CT molecular complexity index is 190. The average molecular weight is 186 g/mol. The van der Waals surface area contributed by atoms with Crippen LogP contribution in [-0.4, -0.2) is 49.7 Å². The molecule has 0 aromatic carbocycles. The Morgan fingerprint density at radius 2 is 2.23 bits per heavy atom. The summed E-state index contributed by atoms with van der Waals surface area (Å²) in [7, 11) is 3.87. The number of hydrogen-bond acceptors (Lipinski definition) is 3. The molecular formula is C9H18N2O2. The fourth-order valence-electron chi connectivity index (χ4n) is 1.06. The van der Waals surface area contributed by atoms with Crippen molar-refractivity contribution in [2.45, 2.75) is 6.92 Å². The van der Waals surface area contributed by atoms with Gasteiger partial charge in [0.1, 0.15) is 0 Å². The molecule has 0 spiro atoms. The summed E-state index contributed by atoms with van der Waals surface area (Å²) in [6.07, 6.45) is 1.25. The standard InChI is InChI=1S/C9H18N2O2/c1-8(6-9(12)13)7-11(3)5-4-10-2/h6,10H,4-5,7H2,1-3H3,(H,12,13). The Labute approximate surface area is 79.2 Å². The average Bonchev–Trinajstić information content (AvgIpc) is 1.98. The maximum atomic E-state index is 10.3. The van der Waals surface area contributed by atoms with E-state index in [0.29, 0.717) is 6.54 Å². The van der Waals surface area contributed by atoms with E-state index in [-0.39, 0.29) is 0 Å². The van der Waals surface area contributed by atoms with E-state index >= 15 is 0 Å². The number of carbonyl (C=O) groups is 1. The fraction of sp³-hybridized carbons (Fsp3) is 0.667.